The van der Waals surface area contributed by atoms with E-state index in [0.29, 0.717) is 31.2 Å². The van der Waals surface area contributed by atoms with Crippen LogP contribution in [0.15, 0.2) is 59.6 Å². The van der Waals surface area contributed by atoms with Gasteiger partial charge in [-0.2, -0.15) is 13.2 Å². The zero-order valence-electron chi connectivity index (χ0n) is 16.3. The molecule has 3 N–H and O–H groups in total. The van der Waals surface area contributed by atoms with Crippen LogP contribution in [0.2, 0.25) is 0 Å². The summed E-state index contributed by atoms with van der Waals surface area (Å²) in [6, 6.07) is 15.2. The molecule has 0 heterocycles. The molecule has 30 heavy (non-hydrogen) atoms. The topological polar surface area (TPSA) is 74.8 Å². The van der Waals surface area contributed by atoms with E-state index < -0.39 is 12.8 Å². The van der Waals surface area contributed by atoms with Gasteiger partial charge in [0.15, 0.2) is 12.6 Å². The summed E-state index contributed by atoms with van der Waals surface area (Å²) in [4.78, 5) is 16.0. The lowest BCUT2D eigenvalue weighted by molar-refractivity contribution is -0.153. The summed E-state index contributed by atoms with van der Waals surface area (Å²) >= 11 is 0. The molecule has 0 aliphatic rings. The number of hydrogen-bond acceptors (Lipinski definition) is 3. The molecule has 0 unspecified atom stereocenters. The highest BCUT2D eigenvalue weighted by molar-refractivity contribution is 14.0. The lowest BCUT2D eigenvalue weighted by Crippen LogP contribution is -2.41. The number of hydrogen-bond donors (Lipinski definition) is 3. The van der Waals surface area contributed by atoms with Gasteiger partial charge < -0.3 is 20.7 Å². The Morgan fingerprint density at radius 2 is 1.60 bits per heavy atom. The Balaban J connectivity index is 0.00000450. The van der Waals surface area contributed by atoms with Gasteiger partial charge in [-0.3, -0.25) is 9.79 Å². The zero-order valence-corrected chi connectivity index (χ0v) is 18.7. The fourth-order valence-corrected chi connectivity index (χ4v) is 2.32. The van der Waals surface area contributed by atoms with E-state index in [1.54, 1.807) is 43.4 Å². The van der Waals surface area contributed by atoms with E-state index >= 15 is 0 Å². The Kier molecular flexibility index (Phi) is 11.0. The number of rotatable bonds is 8. The summed E-state index contributed by atoms with van der Waals surface area (Å²) in [5.41, 5.74) is 1.45. The first-order chi connectivity index (χ1) is 13.9. The Labute approximate surface area is 190 Å². The van der Waals surface area contributed by atoms with Crippen LogP contribution in [0.1, 0.15) is 15.9 Å². The van der Waals surface area contributed by atoms with Gasteiger partial charge in [-0.1, -0.05) is 30.3 Å². The molecule has 0 bridgehead atoms. The first-order valence-corrected chi connectivity index (χ1v) is 8.93. The number of aliphatic imine (C=N–C) groups is 1. The molecule has 0 radical (unpaired) electrons. The Morgan fingerprint density at radius 3 is 2.20 bits per heavy atom. The number of carbonyl (C=O) groups excluding carboxylic acids is 1. The summed E-state index contributed by atoms with van der Waals surface area (Å²) < 4.78 is 41.1. The fraction of sp³-hybridized carbons (Fsp3) is 0.300. The van der Waals surface area contributed by atoms with Crippen LogP contribution >= 0.6 is 24.0 Å². The van der Waals surface area contributed by atoms with Gasteiger partial charge in [0.1, 0.15) is 5.75 Å². The highest BCUT2D eigenvalue weighted by Crippen LogP contribution is 2.18. The summed E-state index contributed by atoms with van der Waals surface area (Å²) in [5, 5.41) is 8.96. The van der Waals surface area contributed by atoms with Crippen LogP contribution in [0, 0.1) is 0 Å². The van der Waals surface area contributed by atoms with Gasteiger partial charge in [-0.15, -0.1) is 24.0 Å². The van der Waals surface area contributed by atoms with Crippen LogP contribution in [0.4, 0.5) is 13.2 Å². The van der Waals surface area contributed by atoms with Crippen molar-refractivity contribution in [3.8, 4) is 5.75 Å². The third kappa shape index (κ3) is 9.81. The molecule has 0 fully saturated rings. The third-order valence-corrected chi connectivity index (χ3v) is 3.75. The third-order valence-electron chi connectivity index (χ3n) is 3.75. The monoisotopic (exact) mass is 536 g/mol. The second-order valence-corrected chi connectivity index (χ2v) is 6.02. The van der Waals surface area contributed by atoms with Crippen LogP contribution in [-0.2, 0) is 6.54 Å². The van der Waals surface area contributed by atoms with Crippen molar-refractivity contribution in [3.05, 3.63) is 65.7 Å². The Hall–Kier alpha value is -2.50. The largest absolute Gasteiger partial charge is 0.484 e. The highest BCUT2D eigenvalue weighted by atomic mass is 127. The van der Waals surface area contributed by atoms with Crippen molar-refractivity contribution in [1.29, 1.82) is 0 Å². The molecule has 0 aliphatic carbocycles. The van der Waals surface area contributed by atoms with Crippen molar-refractivity contribution in [2.75, 3.05) is 26.7 Å². The van der Waals surface area contributed by atoms with Gasteiger partial charge in [-0.05, 0) is 29.8 Å². The number of halogens is 4. The van der Waals surface area contributed by atoms with Crippen molar-refractivity contribution < 1.29 is 22.7 Å². The number of carbonyl (C=O) groups is 1. The lowest BCUT2D eigenvalue weighted by Gasteiger charge is -2.13. The minimum atomic E-state index is -4.36. The van der Waals surface area contributed by atoms with E-state index in [1.165, 1.54) is 12.1 Å². The van der Waals surface area contributed by atoms with Gasteiger partial charge in [0.2, 0.25) is 0 Å². The molecule has 2 aromatic rings. The summed E-state index contributed by atoms with van der Waals surface area (Å²) in [7, 11) is 1.62. The lowest BCUT2D eigenvalue weighted by atomic mass is 10.2. The van der Waals surface area contributed by atoms with Crippen molar-refractivity contribution in [2.24, 2.45) is 4.99 Å². The molecule has 0 atom stereocenters. The number of nitrogens with one attached hydrogen (secondary N) is 3. The van der Waals surface area contributed by atoms with Crippen LogP contribution in [0.3, 0.4) is 0 Å². The number of alkyl halides is 3. The molecular weight excluding hydrogens is 512 g/mol. The molecule has 6 nitrogen and oxygen atoms in total. The molecule has 164 valence electrons. The van der Waals surface area contributed by atoms with Gasteiger partial charge in [0.05, 0.1) is 0 Å². The highest BCUT2D eigenvalue weighted by Gasteiger charge is 2.28. The van der Waals surface area contributed by atoms with Gasteiger partial charge in [0.25, 0.3) is 5.91 Å². The predicted octanol–water partition coefficient (Wildman–Crippen LogP) is 3.34. The first kappa shape index (κ1) is 25.5. The van der Waals surface area contributed by atoms with Crippen LogP contribution in [0.25, 0.3) is 0 Å². The molecule has 2 aromatic carbocycles. The summed E-state index contributed by atoms with van der Waals surface area (Å²) in [6.07, 6.45) is -4.36. The Morgan fingerprint density at radius 1 is 0.967 bits per heavy atom. The maximum absolute atomic E-state index is 12.1. The summed E-state index contributed by atoms with van der Waals surface area (Å²) in [5.74, 6) is 0.544. The minimum Gasteiger partial charge on any atom is -0.484 e. The zero-order chi connectivity index (χ0) is 21.1. The minimum absolute atomic E-state index is 0. The number of amides is 1. The normalized spacial score (nSPS) is 11.3. The molecule has 10 heteroatoms. The molecule has 1 amide bonds. The second-order valence-electron chi connectivity index (χ2n) is 6.02. The predicted molar refractivity (Wildman–Crippen MR) is 120 cm³/mol. The van der Waals surface area contributed by atoms with E-state index in [0.717, 1.165) is 5.56 Å². The van der Waals surface area contributed by atoms with E-state index in [4.69, 9.17) is 0 Å². The Bertz CT molecular complexity index is 800. The van der Waals surface area contributed by atoms with E-state index in [1.807, 2.05) is 6.07 Å². The maximum Gasteiger partial charge on any atom is 0.422 e. The number of nitrogens with zero attached hydrogens (tertiary/aromatic N) is 1. The molecule has 0 aliphatic heterocycles. The van der Waals surface area contributed by atoms with Crippen LogP contribution in [0.5, 0.6) is 5.75 Å². The number of benzene rings is 2. The second kappa shape index (κ2) is 12.9. The fourth-order valence-electron chi connectivity index (χ4n) is 2.32. The molecule has 0 saturated carbocycles. The average Bonchev–Trinajstić information content (AvgIpc) is 2.72. The molecule has 0 aromatic heterocycles. The van der Waals surface area contributed by atoms with Crippen molar-refractivity contribution in [2.45, 2.75) is 12.7 Å². The molecular formula is C20H24F3IN4O2. The molecule has 2 rings (SSSR count). The average molecular weight is 536 g/mol. The quantitative estimate of drug-likeness (QED) is 0.210. The van der Waals surface area contributed by atoms with Gasteiger partial charge in [0, 0.05) is 32.2 Å². The standard InChI is InChI=1S/C20H23F3N4O2.HI/c1-24-19(26-12-11-25-18(28)16-5-3-2-4-6-16)27-13-15-7-9-17(10-8-15)29-14-20(21,22)23;/h2-10H,11-14H2,1H3,(H,25,28)(H2,24,26,27);1H. The number of ether oxygens (including phenoxy) is 1. The van der Waals surface area contributed by atoms with E-state index in [9.17, 15) is 18.0 Å². The summed E-state index contributed by atoms with van der Waals surface area (Å²) in [6.45, 7) is -0.000295. The molecule has 0 saturated heterocycles. The van der Waals surface area contributed by atoms with Crippen molar-refractivity contribution in [1.82, 2.24) is 16.0 Å². The van der Waals surface area contributed by atoms with Gasteiger partial charge >= 0.3 is 6.18 Å². The van der Waals surface area contributed by atoms with E-state index in [-0.39, 0.29) is 35.6 Å². The van der Waals surface area contributed by atoms with E-state index in [2.05, 4.69) is 25.7 Å². The van der Waals surface area contributed by atoms with Gasteiger partial charge in [-0.25, -0.2) is 0 Å². The maximum atomic E-state index is 12.1. The smallest absolute Gasteiger partial charge is 0.422 e. The van der Waals surface area contributed by atoms with Crippen molar-refractivity contribution in [3.63, 3.8) is 0 Å². The first-order valence-electron chi connectivity index (χ1n) is 8.93. The SMILES string of the molecule is CN=C(NCCNC(=O)c1ccccc1)NCc1ccc(OCC(F)(F)F)cc1.I. The van der Waals surface area contributed by atoms with Crippen LogP contribution in [-0.4, -0.2) is 44.8 Å². The van der Waals surface area contributed by atoms with Crippen molar-refractivity contribution >= 4 is 35.8 Å². The molecule has 0 spiro atoms. The van der Waals surface area contributed by atoms with Crippen LogP contribution < -0.4 is 20.7 Å². The number of guanidine groups is 1.